The monoisotopic (exact) mass is 913 g/mol. The molecule has 0 fully saturated rings. The molecule has 2 nitrogen and oxygen atoms in total. The Kier molecular flexibility index (Phi) is 18.6. The Hall–Kier alpha value is -8.07. The number of hydrogen-bond acceptors (Lipinski definition) is 1. The van der Waals surface area contributed by atoms with Gasteiger partial charge in [0.15, 0.2) is 0 Å². The summed E-state index contributed by atoms with van der Waals surface area (Å²) in [4.78, 5) is 5.20. The lowest BCUT2D eigenvalue weighted by Gasteiger charge is -2.15. The largest absolute Gasteiger partial charge is 0.297 e. The number of nitrogens with zero attached hydrogens (tertiary/aromatic N) is 2. The van der Waals surface area contributed by atoms with Crippen LogP contribution < -0.4 is 0 Å². The van der Waals surface area contributed by atoms with Crippen LogP contribution in [0.3, 0.4) is 0 Å². The highest BCUT2D eigenvalue weighted by Gasteiger charge is 2.18. The molecule has 70 heavy (non-hydrogen) atoms. The summed E-state index contributed by atoms with van der Waals surface area (Å²) in [5.41, 5.74) is 20.0. The molecular weight excluding hydrogens is 845 g/mol. The van der Waals surface area contributed by atoms with E-state index in [-0.39, 0.29) is 0 Å². The Morgan fingerprint density at radius 1 is 0.414 bits per heavy atom. The third-order valence-corrected chi connectivity index (χ3v) is 12.1. The second kappa shape index (κ2) is 25.3. The Morgan fingerprint density at radius 3 is 1.51 bits per heavy atom. The molecule has 0 radical (unpaired) electrons. The zero-order valence-electron chi connectivity index (χ0n) is 42.7. The van der Waals surface area contributed by atoms with Crippen LogP contribution in [0, 0.1) is 20.8 Å². The van der Waals surface area contributed by atoms with Crippen molar-refractivity contribution >= 4 is 38.9 Å². The third kappa shape index (κ3) is 12.3. The standard InChI is InChI=1S/C42H34N2.C13H12.C9H10.2C2H6/c1-28-15-8-9-20-35(28)36-25-26-40-39-23-12-13-24-41(39)44(42(40)29(36)2)31(4)43-30(3)37-21-10-11-22-38(37)34-19-14-18-33(27-34)32-16-6-5-7-17-32;1-11-6-5-9-13(10-11)12-7-3-2-4-8-12;1-8(2)9-6-4-3-5-7-9;2*1-2/h5-27H,3H2,1-2,4H3;2-10H,1H3;3-7H,1H2,2H3;2*1-2H3. The van der Waals surface area contributed by atoms with Gasteiger partial charge in [-0.2, -0.15) is 0 Å². The molecular formula is C68H68N2. The molecule has 0 unspecified atom stereocenters. The number of aryl methyl sites for hydroxylation is 3. The van der Waals surface area contributed by atoms with E-state index in [2.05, 4.69) is 246 Å². The molecule has 0 amide bonds. The maximum absolute atomic E-state index is 5.20. The number of hydrogen-bond donors (Lipinski definition) is 0. The summed E-state index contributed by atoms with van der Waals surface area (Å²) in [6, 6.07) is 78.5. The van der Waals surface area contributed by atoms with E-state index in [9.17, 15) is 0 Å². The van der Waals surface area contributed by atoms with Gasteiger partial charge in [0.2, 0.25) is 0 Å². The van der Waals surface area contributed by atoms with Crippen LogP contribution in [-0.2, 0) is 0 Å². The normalized spacial score (nSPS) is 10.6. The molecule has 9 aromatic carbocycles. The van der Waals surface area contributed by atoms with E-state index in [1.165, 1.54) is 71.9 Å². The maximum atomic E-state index is 5.20. The van der Waals surface area contributed by atoms with Gasteiger partial charge in [0.05, 0.1) is 16.7 Å². The Balaban J connectivity index is 0.000000251. The summed E-state index contributed by atoms with van der Waals surface area (Å²) in [5, 5.41) is 2.45. The second-order valence-corrected chi connectivity index (χ2v) is 16.8. The van der Waals surface area contributed by atoms with Gasteiger partial charge in [-0.15, -0.1) is 0 Å². The van der Waals surface area contributed by atoms with Crippen molar-refractivity contribution in [3.05, 3.63) is 265 Å². The Labute approximate surface area is 418 Å². The van der Waals surface area contributed by atoms with E-state index >= 15 is 0 Å². The van der Waals surface area contributed by atoms with Crippen LogP contribution in [0.25, 0.3) is 77.6 Å². The fraction of sp³-hybridized carbons (Fsp3) is 0.132. The minimum absolute atomic E-state index is 0.738. The summed E-state index contributed by atoms with van der Waals surface area (Å²) in [6.07, 6.45) is 0. The Morgan fingerprint density at radius 2 is 0.914 bits per heavy atom. The predicted molar refractivity (Wildman–Crippen MR) is 310 cm³/mol. The minimum Gasteiger partial charge on any atom is -0.297 e. The molecule has 0 saturated heterocycles. The molecule has 2 heteroatoms. The summed E-state index contributed by atoms with van der Waals surface area (Å²) < 4.78 is 2.31. The predicted octanol–water partition coefficient (Wildman–Crippen LogP) is 19.8. The summed E-state index contributed by atoms with van der Waals surface area (Å²) in [5.74, 6) is 0.888. The SMILES string of the molecule is C=C(C)c1ccccc1.C=C(N=C(C)n1c2ccccc2c2ccc(-c3ccccc3C)c(C)c21)c1ccccc1-c1cccc(-c2ccccc2)c1.CC.CC.Cc1cccc(-c2ccccc2)c1. The highest BCUT2D eigenvalue weighted by molar-refractivity contribution is 6.16. The molecule has 1 heterocycles. The van der Waals surface area contributed by atoms with Crippen LogP contribution in [0.15, 0.2) is 243 Å². The van der Waals surface area contributed by atoms with Crippen LogP contribution in [0.4, 0.5) is 0 Å². The number of rotatable bonds is 7. The minimum atomic E-state index is 0.738. The first-order valence-corrected chi connectivity index (χ1v) is 24.6. The summed E-state index contributed by atoms with van der Waals surface area (Å²) in [6.45, 7) is 27.0. The highest BCUT2D eigenvalue weighted by Crippen LogP contribution is 2.38. The lowest BCUT2D eigenvalue weighted by atomic mass is 9.95. The van der Waals surface area contributed by atoms with Gasteiger partial charge in [-0.25, -0.2) is 4.99 Å². The van der Waals surface area contributed by atoms with Crippen molar-refractivity contribution in [3.63, 3.8) is 0 Å². The Bertz CT molecular complexity index is 3310. The van der Waals surface area contributed by atoms with Gasteiger partial charge in [0, 0.05) is 16.3 Å². The van der Waals surface area contributed by atoms with Crippen molar-refractivity contribution in [1.29, 1.82) is 0 Å². The number of aromatic nitrogens is 1. The molecule has 0 atom stereocenters. The van der Waals surface area contributed by atoms with Crippen LogP contribution in [0.5, 0.6) is 0 Å². The van der Waals surface area contributed by atoms with Crippen molar-refractivity contribution in [2.75, 3.05) is 0 Å². The average molecular weight is 913 g/mol. The zero-order valence-corrected chi connectivity index (χ0v) is 42.7. The molecule has 0 aliphatic carbocycles. The maximum Gasteiger partial charge on any atom is 0.111 e. The molecule has 0 spiro atoms. The lowest BCUT2D eigenvalue weighted by Crippen LogP contribution is -2.08. The number of para-hydroxylation sites is 1. The van der Waals surface area contributed by atoms with Gasteiger partial charge < -0.3 is 0 Å². The van der Waals surface area contributed by atoms with Gasteiger partial charge >= 0.3 is 0 Å². The average Bonchev–Trinajstić information content (AvgIpc) is 3.77. The van der Waals surface area contributed by atoms with Crippen LogP contribution in [0.1, 0.15) is 69.4 Å². The smallest absolute Gasteiger partial charge is 0.111 e. The number of aliphatic imine (C=N–C) groups is 1. The molecule has 10 rings (SSSR count). The van der Waals surface area contributed by atoms with E-state index < -0.39 is 0 Å². The third-order valence-electron chi connectivity index (χ3n) is 12.1. The van der Waals surface area contributed by atoms with Gasteiger partial charge in [-0.05, 0) is 108 Å². The first kappa shape index (κ1) is 51.3. The molecule has 10 aromatic rings. The molecule has 0 bridgehead atoms. The highest BCUT2D eigenvalue weighted by atomic mass is 15.1. The van der Waals surface area contributed by atoms with Gasteiger partial charge in [0.1, 0.15) is 5.84 Å². The lowest BCUT2D eigenvalue weighted by molar-refractivity contribution is 1.22. The second-order valence-electron chi connectivity index (χ2n) is 16.8. The summed E-state index contributed by atoms with van der Waals surface area (Å²) in [7, 11) is 0. The van der Waals surface area contributed by atoms with E-state index in [0.29, 0.717) is 0 Å². The van der Waals surface area contributed by atoms with Crippen molar-refractivity contribution in [1.82, 2.24) is 4.57 Å². The van der Waals surface area contributed by atoms with Crippen molar-refractivity contribution in [2.45, 2.75) is 62.3 Å². The van der Waals surface area contributed by atoms with Crippen LogP contribution in [-0.4, -0.2) is 10.4 Å². The molecule has 0 aliphatic rings. The number of allylic oxidation sites excluding steroid dienone is 1. The molecule has 0 aliphatic heterocycles. The van der Waals surface area contributed by atoms with Crippen LogP contribution in [0.2, 0.25) is 0 Å². The van der Waals surface area contributed by atoms with E-state index in [1.807, 2.05) is 58.9 Å². The van der Waals surface area contributed by atoms with Gasteiger partial charge in [-0.1, -0.05) is 264 Å². The fourth-order valence-electron chi connectivity index (χ4n) is 8.69. The summed E-state index contributed by atoms with van der Waals surface area (Å²) >= 11 is 0. The fourth-order valence-corrected chi connectivity index (χ4v) is 8.69. The molecule has 0 N–H and O–H groups in total. The molecule has 0 saturated carbocycles. The van der Waals surface area contributed by atoms with Crippen LogP contribution >= 0.6 is 0 Å². The van der Waals surface area contributed by atoms with E-state index in [4.69, 9.17) is 4.99 Å². The van der Waals surface area contributed by atoms with E-state index in [1.54, 1.807) is 0 Å². The van der Waals surface area contributed by atoms with Gasteiger partial charge in [-0.3, -0.25) is 4.57 Å². The van der Waals surface area contributed by atoms with E-state index in [0.717, 1.165) is 39.3 Å². The topological polar surface area (TPSA) is 17.3 Å². The zero-order chi connectivity index (χ0) is 50.0. The first-order valence-electron chi connectivity index (χ1n) is 24.6. The quantitative estimate of drug-likeness (QED) is 0.112. The first-order chi connectivity index (χ1) is 34.2. The molecule has 350 valence electrons. The van der Waals surface area contributed by atoms with Crippen molar-refractivity contribution < 1.29 is 0 Å². The number of benzene rings is 9. The van der Waals surface area contributed by atoms with Crippen molar-refractivity contribution in [2.24, 2.45) is 4.99 Å². The number of fused-ring (bicyclic) bond motifs is 3. The molecule has 1 aromatic heterocycles. The van der Waals surface area contributed by atoms with Crippen molar-refractivity contribution in [3.8, 4) is 44.5 Å². The van der Waals surface area contributed by atoms with Gasteiger partial charge in [0.25, 0.3) is 0 Å².